The lowest BCUT2D eigenvalue weighted by atomic mass is 9.68. The van der Waals surface area contributed by atoms with Crippen molar-refractivity contribution in [2.45, 2.75) is 94.7 Å². The number of nitrogens with zero attached hydrogens (tertiary/aromatic N) is 2. The summed E-state index contributed by atoms with van der Waals surface area (Å²) in [6.45, 7) is 1.54. The number of likely N-dealkylation sites (tertiary alicyclic amines) is 2. The molecule has 2 saturated carbocycles. The van der Waals surface area contributed by atoms with Gasteiger partial charge in [-0.15, -0.1) is 0 Å². The van der Waals surface area contributed by atoms with Gasteiger partial charge in [0.25, 0.3) is 5.91 Å². The molecule has 1 atom stereocenters. The van der Waals surface area contributed by atoms with Gasteiger partial charge in [0.1, 0.15) is 0 Å². The zero-order valence-electron chi connectivity index (χ0n) is 15.3. The molecule has 2 aliphatic carbocycles. The predicted molar refractivity (Wildman–Crippen MR) is 94.8 cm³/mol. The maximum Gasteiger partial charge on any atom is 0.254 e. The highest BCUT2D eigenvalue weighted by molar-refractivity contribution is 5.90. The highest BCUT2D eigenvalue weighted by atomic mass is 16.3. The van der Waals surface area contributed by atoms with Gasteiger partial charge in [-0.3, -0.25) is 9.59 Å². The SMILES string of the molecule is O=C(CC1CCCC1)N1CCC(N2C(=O)C(O)C23CCCCC3)CC1. The average Bonchev–Trinajstić information content (AvgIpc) is 3.16. The van der Waals surface area contributed by atoms with Gasteiger partial charge in [-0.1, -0.05) is 32.1 Å². The van der Waals surface area contributed by atoms with Crippen LogP contribution in [-0.2, 0) is 9.59 Å². The van der Waals surface area contributed by atoms with E-state index in [1.54, 1.807) is 0 Å². The predicted octanol–water partition coefficient (Wildman–Crippen LogP) is 2.46. The summed E-state index contributed by atoms with van der Waals surface area (Å²) in [6.07, 6.45) is 12.0. The molecule has 2 aliphatic heterocycles. The van der Waals surface area contributed by atoms with E-state index in [1.807, 2.05) is 9.80 Å². The van der Waals surface area contributed by atoms with Crippen LogP contribution < -0.4 is 0 Å². The Hall–Kier alpha value is -1.10. The van der Waals surface area contributed by atoms with Crippen molar-refractivity contribution in [3.05, 3.63) is 0 Å². The maximum absolute atomic E-state index is 12.5. The van der Waals surface area contributed by atoms with E-state index >= 15 is 0 Å². The van der Waals surface area contributed by atoms with Crippen LogP contribution in [0.25, 0.3) is 0 Å². The molecule has 1 unspecified atom stereocenters. The van der Waals surface area contributed by atoms with Crippen LogP contribution in [-0.4, -0.2) is 57.5 Å². The summed E-state index contributed by atoms with van der Waals surface area (Å²) < 4.78 is 0. The molecule has 0 aromatic rings. The van der Waals surface area contributed by atoms with E-state index in [0.29, 0.717) is 11.8 Å². The Balaban J connectivity index is 1.33. The number of aliphatic hydroxyl groups is 1. The molecule has 5 heteroatoms. The highest BCUT2D eigenvalue weighted by Crippen LogP contribution is 2.46. The number of hydrogen-bond donors (Lipinski definition) is 1. The Kier molecular flexibility index (Phi) is 4.78. The van der Waals surface area contributed by atoms with Crippen LogP contribution in [0.1, 0.15) is 77.0 Å². The fourth-order valence-corrected chi connectivity index (χ4v) is 5.83. The summed E-state index contributed by atoms with van der Waals surface area (Å²) in [5.74, 6) is 0.841. The lowest BCUT2D eigenvalue weighted by Gasteiger charge is -2.61. The first-order valence-electron chi connectivity index (χ1n) is 10.4. The third kappa shape index (κ3) is 2.98. The molecular weight excluding hydrogens is 316 g/mol. The molecule has 4 rings (SSSR count). The number of aliphatic hydroxyl groups excluding tert-OH is 1. The number of carbonyl (C=O) groups excluding carboxylic acids is 2. The Bertz CT molecular complexity index is 515. The Morgan fingerprint density at radius 1 is 1.00 bits per heavy atom. The van der Waals surface area contributed by atoms with Gasteiger partial charge in [0.2, 0.25) is 5.91 Å². The fraction of sp³-hybridized carbons (Fsp3) is 0.900. The standard InChI is InChI=1S/C20H32N2O3/c23-17(14-15-6-2-3-7-15)21-12-8-16(9-13-21)22-19(25)18(24)20(22)10-4-1-5-11-20/h15-16,18,24H,1-14H2. The number of carbonyl (C=O) groups is 2. The van der Waals surface area contributed by atoms with Crippen LogP contribution in [0.4, 0.5) is 0 Å². The quantitative estimate of drug-likeness (QED) is 0.797. The molecule has 2 amide bonds. The highest BCUT2D eigenvalue weighted by Gasteiger charge is 2.61. The summed E-state index contributed by atoms with van der Waals surface area (Å²) in [7, 11) is 0. The third-order valence-electron chi connectivity index (χ3n) is 7.30. The van der Waals surface area contributed by atoms with Crippen molar-refractivity contribution in [2.75, 3.05) is 13.1 Å². The van der Waals surface area contributed by atoms with Gasteiger partial charge in [0.15, 0.2) is 6.10 Å². The molecule has 1 N–H and O–H groups in total. The van der Waals surface area contributed by atoms with Gasteiger partial charge in [-0.2, -0.15) is 0 Å². The van der Waals surface area contributed by atoms with E-state index in [9.17, 15) is 14.7 Å². The van der Waals surface area contributed by atoms with Crippen molar-refractivity contribution in [1.82, 2.24) is 9.80 Å². The van der Waals surface area contributed by atoms with Crippen LogP contribution in [0.3, 0.4) is 0 Å². The summed E-state index contributed by atoms with van der Waals surface area (Å²) in [6, 6.07) is 0.213. The fourth-order valence-electron chi connectivity index (χ4n) is 5.83. The van der Waals surface area contributed by atoms with Gasteiger partial charge in [0.05, 0.1) is 5.54 Å². The van der Waals surface area contributed by atoms with Crippen LogP contribution >= 0.6 is 0 Å². The molecule has 5 nitrogen and oxygen atoms in total. The second kappa shape index (κ2) is 6.90. The first-order chi connectivity index (χ1) is 12.1. The van der Waals surface area contributed by atoms with Crippen LogP contribution in [0.5, 0.6) is 0 Å². The van der Waals surface area contributed by atoms with Crippen LogP contribution in [0.15, 0.2) is 0 Å². The van der Waals surface area contributed by atoms with Gasteiger partial charge < -0.3 is 14.9 Å². The Morgan fingerprint density at radius 3 is 2.28 bits per heavy atom. The molecule has 0 aromatic carbocycles. The number of rotatable bonds is 3. The minimum atomic E-state index is -0.783. The number of β-lactam (4-membered cyclic amide) rings is 1. The second-order valence-corrected chi connectivity index (χ2v) is 8.74. The van der Waals surface area contributed by atoms with Crippen LogP contribution in [0.2, 0.25) is 0 Å². The topological polar surface area (TPSA) is 60.9 Å². The minimum Gasteiger partial charge on any atom is -0.381 e. The lowest BCUT2D eigenvalue weighted by molar-refractivity contribution is -0.201. The molecule has 4 aliphatic rings. The van der Waals surface area contributed by atoms with E-state index in [-0.39, 0.29) is 17.5 Å². The van der Waals surface area contributed by atoms with Crippen molar-refractivity contribution in [2.24, 2.45) is 5.92 Å². The minimum absolute atomic E-state index is 0.0716. The Morgan fingerprint density at radius 2 is 1.64 bits per heavy atom. The van der Waals surface area contributed by atoms with E-state index in [0.717, 1.165) is 58.0 Å². The molecule has 4 fully saturated rings. The van der Waals surface area contributed by atoms with E-state index in [2.05, 4.69) is 0 Å². The zero-order valence-corrected chi connectivity index (χ0v) is 15.3. The third-order valence-corrected chi connectivity index (χ3v) is 7.30. The van der Waals surface area contributed by atoms with Gasteiger partial charge in [0, 0.05) is 25.6 Å². The van der Waals surface area contributed by atoms with Crippen molar-refractivity contribution < 1.29 is 14.7 Å². The largest absolute Gasteiger partial charge is 0.381 e. The van der Waals surface area contributed by atoms with E-state index < -0.39 is 6.10 Å². The van der Waals surface area contributed by atoms with Gasteiger partial charge >= 0.3 is 0 Å². The van der Waals surface area contributed by atoms with Crippen molar-refractivity contribution in [3.63, 3.8) is 0 Å². The van der Waals surface area contributed by atoms with E-state index in [4.69, 9.17) is 0 Å². The second-order valence-electron chi connectivity index (χ2n) is 8.74. The molecule has 0 radical (unpaired) electrons. The van der Waals surface area contributed by atoms with Crippen molar-refractivity contribution in [3.8, 4) is 0 Å². The first kappa shape index (κ1) is 17.3. The molecule has 140 valence electrons. The zero-order chi connectivity index (χ0) is 17.4. The normalized spacial score (nSPS) is 30.8. The summed E-state index contributed by atoms with van der Waals surface area (Å²) in [4.78, 5) is 28.9. The van der Waals surface area contributed by atoms with Crippen molar-refractivity contribution >= 4 is 11.8 Å². The maximum atomic E-state index is 12.5. The molecular formula is C20H32N2O3. The number of amides is 2. The number of piperidine rings is 1. The molecule has 0 bridgehead atoms. The molecule has 0 aromatic heterocycles. The van der Waals surface area contributed by atoms with Gasteiger partial charge in [-0.05, 0) is 44.4 Å². The molecule has 2 heterocycles. The first-order valence-corrected chi connectivity index (χ1v) is 10.4. The van der Waals surface area contributed by atoms with Crippen molar-refractivity contribution in [1.29, 1.82) is 0 Å². The Labute approximate surface area is 150 Å². The van der Waals surface area contributed by atoms with E-state index in [1.165, 1.54) is 32.1 Å². The monoisotopic (exact) mass is 348 g/mol. The lowest BCUT2D eigenvalue weighted by Crippen LogP contribution is -2.77. The average molecular weight is 348 g/mol. The molecule has 1 spiro atoms. The molecule has 2 saturated heterocycles. The van der Waals surface area contributed by atoms with Crippen LogP contribution in [0, 0.1) is 5.92 Å². The molecule has 25 heavy (non-hydrogen) atoms. The summed E-state index contributed by atoms with van der Waals surface area (Å²) in [5.41, 5.74) is -0.282. The summed E-state index contributed by atoms with van der Waals surface area (Å²) in [5, 5.41) is 10.3. The summed E-state index contributed by atoms with van der Waals surface area (Å²) >= 11 is 0. The van der Waals surface area contributed by atoms with Gasteiger partial charge in [-0.25, -0.2) is 0 Å². The smallest absolute Gasteiger partial charge is 0.254 e. The number of hydrogen-bond acceptors (Lipinski definition) is 3.